The second kappa shape index (κ2) is 10.0. The summed E-state index contributed by atoms with van der Waals surface area (Å²) in [5.74, 6) is 0. The molecule has 1 saturated heterocycles. The van der Waals surface area contributed by atoms with Gasteiger partial charge in [0.2, 0.25) is 0 Å². The van der Waals surface area contributed by atoms with E-state index in [1.165, 1.54) is 6.07 Å². The topological polar surface area (TPSA) is 72.2 Å². The molecule has 1 aliphatic rings. The Morgan fingerprint density at radius 3 is 2.40 bits per heavy atom. The van der Waals surface area contributed by atoms with Crippen molar-refractivity contribution in [2.45, 2.75) is 49.8 Å². The molecular weight excluding hydrogens is 464 g/mol. The molecule has 0 amide bonds. The predicted molar refractivity (Wildman–Crippen MR) is 121 cm³/mol. The van der Waals surface area contributed by atoms with Gasteiger partial charge in [0.15, 0.2) is 0 Å². The van der Waals surface area contributed by atoms with Crippen molar-refractivity contribution in [1.29, 1.82) is 0 Å². The highest BCUT2D eigenvalue weighted by Crippen LogP contribution is 2.39. The van der Waals surface area contributed by atoms with Crippen LogP contribution in [0.1, 0.15) is 48.1 Å². The maximum absolute atomic E-state index is 13.3. The molecule has 1 aliphatic heterocycles. The number of aromatic nitrogens is 3. The molecule has 2 N–H and O–H groups in total. The summed E-state index contributed by atoms with van der Waals surface area (Å²) >= 11 is 0. The van der Waals surface area contributed by atoms with Crippen molar-refractivity contribution in [3.05, 3.63) is 83.4 Å². The van der Waals surface area contributed by atoms with E-state index in [0.717, 1.165) is 17.7 Å². The van der Waals surface area contributed by atoms with Crippen molar-refractivity contribution in [1.82, 2.24) is 20.1 Å². The summed E-state index contributed by atoms with van der Waals surface area (Å²) in [5, 5.41) is 21.5. The molecule has 0 spiro atoms. The summed E-state index contributed by atoms with van der Waals surface area (Å²) in [6.45, 7) is 1.13. The number of halogens is 4. The monoisotopic (exact) mass is 492 g/mol. The lowest BCUT2D eigenvalue weighted by Gasteiger charge is -2.47. The summed E-state index contributed by atoms with van der Waals surface area (Å²) in [6.07, 6.45) is -0.958. The number of benzene rings is 2. The predicted octanol–water partition coefficient (Wildman–Crippen LogP) is 4.51. The highest BCUT2D eigenvalue weighted by Gasteiger charge is 2.45. The van der Waals surface area contributed by atoms with Crippen LogP contribution in [0.15, 0.2) is 61.2 Å². The minimum Gasteiger partial charge on any atom is -0.394 e. The van der Waals surface area contributed by atoms with Gasteiger partial charge in [-0.2, -0.15) is 13.2 Å². The summed E-state index contributed by atoms with van der Waals surface area (Å²) in [7, 11) is 0. The fourth-order valence-electron chi connectivity index (χ4n) is 4.61. The Balaban J connectivity index is 1.57. The van der Waals surface area contributed by atoms with E-state index in [4.69, 9.17) is 4.74 Å². The van der Waals surface area contributed by atoms with Crippen molar-refractivity contribution in [3.8, 4) is 0 Å². The molecule has 10 heteroatoms. The van der Waals surface area contributed by atoms with Crippen LogP contribution in [0.4, 0.5) is 17.6 Å². The van der Waals surface area contributed by atoms with Gasteiger partial charge in [-0.1, -0.05) is 36.4 Å². The molecular formula is C25H28F4N4O2. The number of rotatable bonds is 8. The van der Waals surface area contributed by atoms with Gasteiger partial charge in [-0.3, -0.25) is 0 Å². The number of piperidine rings is 1. The van der Waals surface area contributed by atoms with Gasteiger partial charge in [-0.05, 0) is 48.6 Å². The molecule has 2 heterocycles. The number of aliphatic hydroxyl groups is 1. The Hall–Kier alpha value is -2.82. The average molecular weight is 493 g/mol. The number of aliphatic hydroxyl groups excluding tert-OH is 1. The highest BCUT2D eigenvalue weighted by molar-refractivity contribution is 5.33. The summed E-state index contributed by atoms with van der Waals surface area (Å²) in [6, 6.07) is 12.9. The van der Waals surface area contributed by atoms with Crippen LogP contribution in [-0.2, 0) is 28.7 Å². The van der Waals surface area contributed by atoms with Crippen molar-refractivity contribution in [3.63, 3.8) is 0 Å². The van der Waals surface area contributed by atoms with Gasteiger partial charge < -0.3 is 19.7 Å². The molecule has 0 saturated carbocycles. The van der Waals surface area contributed by atoms with Crippen LogP contribution >= 0.6 is 0 Å². The van der Waals surface area contributed by atoms with Crippen molar-refractivity contribution >= 4 is 0 Å². The first kappa shape index (κ1) is 25.3. The summed E-state index contributed by atoms with van der Waals surface area (Å²) in [4.78, 5) is 0. The van der Waals surface area contributed by atoms with Gasteiger partial charge in [-0.15, -0.1) is 10.2 Å². The lowest BCUT2D eigenvalue weighted by atomic mass is 9.76. The van der Waals surface area contributed by atoms with E-state index in [-0.39, 0.29) is 24.3 Å². The lowest BCUT2D eigenvalue weighted by Crippen LogP contribution is -2.60. The van der Waals surface area contributed by atoms with E-state index in [2.05, 4.69) is 15.5 Å². The Morgan fingerprint density at radius 2 is 1.83 bits per heavy atom. The maximum atomic E-state index is 13.3. The van der Waals surface area contributed by atoms with Crippen LogP contribution in [-0.4, -0.2) is 39.6 Å². The third-order valence-electron chi connectivity index (χ3n) is 6.91. The van der Waals surface area contributed by atoms with Crippen LogP contribution in [0.2, 0.25) is 0 Å². The summed E-state index contributed by atoms with van der Waals surface area (Å²) < 4.78 is 61.2. The molecule has 188 valence electrons. The van der Waals surface area contributed by atoms with Crippen LogP contribution in [0, 0.1) is 0 Å². The molecule has 1 aromatic heterocycles. The molecule has 1 fully saturated rings. The SMILES string of the molecule is C[C@H](OC[C@]1(c2ccccc2)CC[C@@](CO)(n2cnnc2)CN1)c1cc(CF)cc(C(F)(F)F)c1. The zero-order valence-electron chi connectivity index (χ0n) is 19.3. The smallest absolute Gasteiger partial charge is 0.394 e. The molecule has 4 rings (SSSR count). The third kappa shape index (κ3) is 5.24. The molecule has 3 atom stereocenters. The van der Waals surface area contributed by atoms with Gasteiger partial charge in [0, 0.05) is 6.54 Å². The normalized spacial score (nSPS) is 23.8. The standard InChI is InChI=1S/C25H28F4N4O2/c1-18(20-9-19(12-26)10-22(11-20)25(27,28)29)35-15-24(21-5-3-2-4-6-21)8-7-23(14-34,13-30-24)33-16-31-32-17-33/h2-6,9-11,16-18,30,34H,7-8,12-15H2,1H3/t18-,23+,24-/m0/s1. The first-order valence-corrected chi connectivity index (χ1v) is 11.4. The van der Waals surface area contributed by atoms with Crippen LogP contribution in [0.3, 0.4) is 0 Å². The van der Waals surface area contributed by atoms with Crippen molar-refractivity contribution in [2.75, 3.05) is 19.8 Å². The Bertz CT molecular complexity index is 1100. The zero-order valence-corrected chi connectivity index (χ0v) is 19.3. The summed E-state index contributed by atoms with van der Waals surface area (Å²) in [5.41, 5.74) is -0.956. The number of nitrogens with one attached hydrogen (secondary N) is 1. The largest absolute Gasteiger partial charge is 0.416 e. The Kier molecular flexibility index (Phi) is 7.25. The number of nitrogens with zero attached hydrogens (tertiary/aromatic N) is 3. The first-order chi connectivity index (χ1) is 16.7. The van der Waals surface area contributed by atoms with E-state index in [0.29, 0.717) is 19.4 Å². The van der Waals surface area contributed by atoms with Crippen molar-refractivity contribution < 1.29 is 27.4 Å². The second-order valence-corrected chi connectivity index (χ2v) is 9.10. The minimum absolute atomic E-state index is 0.0412. The highest BCUT2D eigenvalue weighted by atomic mass is 19.4. The molecule has 0 radical (unpaired) electrons. The lowest BCUT2D eigenvalue weighted by molar-refractivity contribution is -0.137. The van der Waals surface area contributed by atoms with Gasteiger partial charge in [0.1, 0.15) is 19.3 Å². The number of hydrogen-bond donors (Lipinski definition) is 2. The van der Waals surface area contributed by atoms with Crippen molar-refractivity contribution in [2.24, 2.45) is 0 Å². The number of ether oxygens (including phenoxy) is 1. The number of alkyl halides is 4. The van der Waals surface area contributed by atoms with E-state index >= 15 is 0 Å². The van der Waals surface area contributed by atoms with Crippen LogP contribution < -0.4 is 5.32 Å². The molecule has 2 aromatic carbocycles. The maximum Gasteiger partial charge on any atom is 0.416 e. The number of hydrogen-bond acceptors (Lipinski definition) is 5. The Labute approximate surface area is 201 Å². The van der Waals surface area contributed by atoms with E-state index in [1.54, 1.807) is 24.1 Å². The Morgan fingerprint density at radius 1 is 1.11 bits per heavy atom. The molecule has 35 heavy (non-hydrogen) atoms. The fraction of sp³-hybridized carbons (Fsp3) is 0.440. The minimum atomic E-state index is -4.58. The molecule has 0 aliphatic carbocycles. The third-order valence-corrected chi connectivity index (χ3v) is 6.91. The molecule has 3 aromatic rings. The van der Waals surface area contributed by atoms with Crippen LogP contribution in [0.25, 0.3) is 0 Å². The molecule has 0 unspecified atom stereocenters. The average Bonchev–Trinajstić information content (AvgIpc) is 3.43. The fourth-order valence-corrected chi connectivity index (χ4v) is 4.61. The van der Waals surface area contributed by atoms with E-state index in [1.807, 2.05) is 30.3 Å². The van der Waals surface area contributed by atoms with Crippen LogP contribution in [0.5, 0.6) is 0 Å². The first-order valence-electron chi connectivity index (χ1n) is 11.4. The molecule has 0 bridgehead atoms. The van der Waals surface area contributed by atoms with Gasteiger partial charge in [0.05, 0.1) is 36.0 Å². The van der Waals surface area contributed by atoms with E-state index < -0.39 is 35.6 Å². The zero-order chi connectivity index (χ0) is 25.1. The van der Waals surface area contributed by atoms with Gasteiger partial charge in [-0.25, -0.2) is 4.39 Å². The van der Waals surface area contributed by atoms with Gasteiger partial charge in [0.25, 0.3) is 0 Å². The second-order valence-electron chi connectivity index (χ2n) is 9.10. The quantitative estimate of drug-likeness (QED) is 0.453. The van der Waals surface area contributed by atoms with E-state index in [9.17, 15) is 22.7 Å². The van der Waals surface area contributed by atoms with Gasteiger partial charge >= 0.3 is 6.18 Å². The molecule has 6 nitrogen and oxygen atoms in total.